The van der Waals surface area contributed by atoms with Gasteiger partial charge in [0.15, 0.2) is 0 Å². The lowest BCUT2D eigenvalue weighted by Crippen LogP contribution is -2.42. The van der Waals surface area contributed by atoms with E-state index in [1.54, 1.807) is 17.1 Å². The Morgan fingerprint density at radius 1 is 1.30 bits per heavy atom. The lowest BCUT2D eigenvalue weighted by molar-refractivity contribution is -0.136. The van der Waals surface area contributed by atoms with Gasteiger partial charge in [0, 0.05) is 57.1 Å². The smallest absolute Gasteiger partial charge is 0.222 e. The van der Waals surface area contributed by atoms with Crippen LogP contribution in [0.1, 0.15) is 30.1 Å². The van der Waals surface area contributed by atoms with Crippen LogP contribution in [0.3, 0.4) is 0 Å². The fraction of sp³-hybridized carbons (Fsp3) is 0.500. The molecule has 1 N–H and O–H groups in total. The van der Waals surface area contributed by atoms with Crippen molar-refractivity contribution in [2.75, 3.05) is 18.9 Å². The minimum atomic E-state index is 0.0365. The summed E-state index contributed by atoms with van der Waals surface area (Å²) >= 11 is 0. The molecule has 7 heteroatoms. The number of nitrogens with one attached hydrogen (secondary N) is 1. The van der Waals surface area contributed by atoms with E-state index in [1.807, 2.05) is 38.3 Å². The first kappa shape index (κ1) is 15.5. The first-order valence-electron chi connectivity index (χ1n) is 7.82. The fourth-order valence-corrected chi connectivity index (χ4v) is 3.23. The monoisotopic (exact) mass is 314 g/mol. The van der Waals surface area contributed by atoms with Crippen LogP contribution < -0.4 is 5.32 Å². The summed E-state index contributed by atoms with van der Waals surface area (Å²) in [6, 6.07) is 0.0365. The van der Waals surface area contributed by atoms with Crippen molar-refractivity contribution in [1.29, 1.82) is 0 Å². The number of rotatable bonds is 4. The zero-order valence-corrected chi connectivity index (χ0v) is 13.7. The van der Waals surface area contributed by atoms with Crippen molar-refractivity contribution in [3.8, 4) is 0 Å². The topological polar surface area (TPSA) is 75.9 Å². The maximum Gasteiger partial charge on any atom is 0.222 e. The van der Waals surface area contributed by atoms with E-state index in [1.165, 1.54) is 0 Å². The summed E-state index contributed by atoms with van der Waals surface area (Å²) in [5, 5.41) is 7.64. The van der Waals surface area contributed by atoms with Crippen LogP contribution >= 0.6 is 0 Å². The number of likely N-dealkylation sites (tertiary alicyclic amines) is 1. The SMILES string of the molecule is Cc1nccnc1NC[C@H]1CCC(=O)N(C)[C@@H]1c1cnn(C)c1. The predicted molar refractivity (Wildman–Crippen MR) is 86.7 cm³/mol. The van der Waals surface area contributed by atoms with E-state index in [2.05, 4.69) is 20.4 Å². The Balaban J connectivity index is 1.78. The van der Waals surface area contributed by atoms with Crippen molar-refractivity contribution in [2.45, 2.75) is 25.8 Å². The number of hydrogen-bond acceptors (Lipinski definition) is 5. The summed E-state index contributed by atoms with van der Waals surface area (Å²) in [6.07, 6.45) is 8.64. The molecular weight excluding hydrogens is 292 g/mol. The van der Waals surface area contributed by atoms with Crippen molar-refractivity contribution < 1.29 is 4.79 Å². The van der Waals surface area contributed by atoms with Gasteiger partial charge in [0.05, 0.1) is 17.9 Å². The number of piperidine rings is 1. The van der Waals surface area contributed by atoms with Crippen molar-refractivity contribution in [3.05, 3.63) is 36.0 Å². The molecule has 0 aromatic carbocycles. The van der Waals surface area contributed by atoms with Gasteiger partial charge in [0.2, 0.25) is 5.91 Å². The third-order valence-electron chi connectivity index (χ3n) is 4.47. The summed E-state index contributed by atoms with van der Waals surface area (Å²) in [6.45, 7) is 2.68. The Labute approximate surface area is 135 Å². The molecule has 2 atom stereocenters. The second kappa shape index (κ2) is 6.36. The Bertz CT molecular complexity index is 697. The predicted octanol–water partition coefficient (Wildman–Crippen LogP) is 1.54. The number of amides is 1. The summed E-state index contributed by atoms with van der Waals surface area (Å²) in [5.74, 6) is 1.30. The Hall–Kier alpha value is -2.44. The van der Waals surface area contributed by atoms with Crippen molar-refractivity contribution in [3.63, 3.8) is 0 Å². The molecule has 2 aromatic heterocycles. The maximum absolute atomic E-state index is 12.1. The summed E-state index contributed by atoms with van der Waals surface area (Å²) < 4.78 is 1.78. The number of anilines is 1. The highest BCUT2D eigenvalue weighted by molar-refractivity contribution is 5.77. The third kappa shape index (κ3) is 3.18. The molecule has 0 radical (unpaired) electrons. The van der Waals surface area contributed by atoms with Gasteiger partial charge < -0.3 is 10.2 Å². The molecule has 2 aromatic rings. The minimum absolute atomic E-state index is 0.0365. The van der Waals surface area contributed by atoms with Crippen molar-refractivity contribution in [2.24, 2.45) is 13.0 Å². The molecule has 0 saturated carbocycles. The molecule has 3 heterocycles. The lowest BCUT2D eigenvalue weighted by atomic mass is 9.85. The van der Waals surface area contributed by atoms with E-state index in [4.69, 9.17) is 0 Å². The number of aromatic nitrogens is 4. The molecule has 7 nitrogen and oxygen atoms in total. The highest BCUT2D eigenvalue weighted by atomic mass is 16.2. The van der Waals surface area contributed by atoms with Gasteiger partial charge in [0.25, 0.3) is 0 Å². The zero-order valence-electron chi connectivity index (χ0n) is 13.7. The zero-order chi connectivity index (χ0) is 16.4. The quantitative estimate of drug-likeness (QED) is 0.926. The van der Waals surface area contributed by atoms with Gasteiger partial charge in [-0.05, 0) is 13.3 Å². The molecule has 1 fully saturated rings. The van der Waals surface area contributed by atoms with Crippen LogP contribution in [0.25, 0.3) is 0 Å². The average molecular weight is 314 g/mol. The van der Waals surface area contributed by atoms with Gasteiger partial charge >= 0.3 is 0 Å². The first-order valence-corrected chi connectivity index (χ1v) is 7.82. The molecule has 1 aliphatic heterocycles. The maximum atomic E-state index is 12.1. The van der Waals surface area contributed by atoms with Crippen LogP contribution in [-0.2, 0) is 11.8 Å². The fourth-order valence-electron chi connectivity index (χ4n) is 3.23. The molecule has 3 rings (SSSR count). The standard InChI is InChI=1S/C16H22N6O/c1-11-16(18-7-6-17-11)19-8-12-4-5-14(23)22(3)15(12)13-9-20-21(2)10-13/h6-7,9-10,12,15H,4-5,8H2,1-3H3,(H,18,19)/t12-,15+/m1/s1. The minimum Gasteiger partial charge on any atom is -0.368 e. The van der Waals surface area contributed by atoms with E-state index in [-0.39, 0.29) is 11.9 Å². The molecule has 0 spiro atoms. The van der Waals surface area contributed by atoms with E-state index < -0.39 is 0 Å². The molecule has 1 amide bonds. The molecule has 0 aliphatic carbocycles. The Morgan fingerprint density at radius 3 is 2.78 bits per heavy atom. The molecule has 1 aliphatic rings. The van der Waals surface area contributed by atoms with Gasteiger partial charge in [-0.25, -0.2) is 4.98 Å². The molecular formula is C16H22N6O. The van der Waals surface area contributed by atoms with Gasteiger partial charge in [-0.3, -0.25) is 14.5 Å². The molecule has 1 saturated heterocycles. The van der Waals surface area contributed by atoms with Crippen LogP contribution in [0.5, 0.6) is 0 Å². The molecule has 23 heavy (non-hydrogen) atoms. The summed E-state index contributed by atoms with van der Waals surface area (Å²) in [7, 11) is 3.77. The van der Waals surface area contributed by atoms with E-state index in [0.717, 1.165) is 30.0 Å². The number of carbonyl (C=O) groups is 1. The number of nitrogens with zero attached hydrogens (tertiary/aromatic N) is 5. The molecule has 0 unspecified atom stereocenters. The van der Waals surface area contributed by atoms with Crippen molar-refractivity contribution >= 4 is 11.7 Å². The van der Waals surface area contributed by atoms with Crippen LogP contribution in [-0.4, -0.2) is 44.1 Å². The Kier molecular flexibility index (Phi) is 4.27. The van der Waals surface area contributed by atoms with E-state index in [0.29, 0.717) is 12.3 Å². The lowest BCUT2D eigenvalue weighted by Gasteiger charge is -2.38. The van der Waals surface area contributed by atoms with Gasteiger partial charge in [0.1, 0.15) is 5.82 Å². The summed E-state index contributed by atoms with van der Waals surface area (Å²) in [4.78, 5) is 22.5. The highest BCUT2D eigenvalue weighted by Gasteiger charge is 2.35. The highest BCUT2D eigenvalue weighted by Crippen LogP contribution is 2.35. The van der Waals surface area contributed by atoms with Gasteiger partial charge in [-0.15, -0.1) is 0 Å². The van der Waals surface area contributed by atoms with E-state index >= 15 is 0 Å². The van der Waals surface area contributed by atoms with Crippen molar-refractivity contribution in [1.82, 2.24) is 24.6 Å². The van der Waals surface area contributed by atoms with Crippen LogP contribution in [0.4, 0.5) is 5.82 Å². The van der Waals surface area contributed by atoms with Crippen LogP contribution in [0, 0.1) is 12.8 Å². The second-order valence-corrected chi connectivity index (χ2v) is 6.07. The summed E-state index contributed by atoms with van der Waals surface area (Å²) in [5.41, 5.74) is 1.95. The molecule has 122 valence electrons. The normalized spacial score (nSPS) is 21.5. The van der Waals surface area contributed by atoms with Gasteiger partial charge in [-0.2, -0.15) is 5.10 Å². The largest absolute Gasteiger partial charge is 0.368 e. The second-order valence-electron chi connectivity index (χ2n) is 6.07. The average Bonchev–Trinajstić information content (AvgIpc) is 2.96. The van der Waals surface area contributed by atoms with Crippen LogP contribution in [0.2, 0.25) is 0 Å². The Morgan fingerprint density at radius 2 is 2.09 bits per heavy atom. The van der Waals surface area contributed by atoms with E-state index in [9.17, 15) is 4.79 Å². The van der Waals surface area contributed by atoms with Gasteiger partial charge in [-0.1, -0.05) is 0 Å². The third-order valence-corrected chi connectivity index (χ3v) is 4.47. The van der Waals surface area contributed by atoms with Crippen LogP contribution in [0.15, 0.2) is 24.8 Å². The number of carbonyl (C=O) groups excluding carboxylic acids is 1. The number of hydrogen-bond donors (Lipinski definition) is 1. The first-order chi connectivity index (χ1) is 11.1. The molecule has 0 bridgehead atoms. The number of aryl methyl sites for hydroxylation is 2.